The molecular weight excluding hydrogens is 208 g/mol. The number of aromatic carboxylic acids is 1. The summed E-state index contributed by atoms with van der Waals surface area (Å²) < 4.78 is 5.01. The van der Waals surface area contributed by atoms with Gasteiger partial charge in [0.15, 0.2) is 6.29 Å². The van der Waals surface area contributed by atoms with Crippen LogP contribution >= 0.6 is 0 Å². The molecule has 4 nitrogen and oxygen atoms in total. The molecule has 0 heterocycles. The molecule has 1 aromatic carbocycles. The van der Waals surface area contributed by atoms with Gasteiger partial charge in [0, 0.05) is 0 Å². The summed E-state index contributed by atoms with van der Waals surface area (Å²) >= 11 is 0. The average Bonchev–Trinajstić information content (AvgIpc) is 2.30. The topological polar surface area (TPSA) is 63.6 Å². The lowest BCUT2D eigenvalue weighted by molar-refractivity contribution is -0.103. The minimum Gasteiger partial charge on any atom is -0.501 e. The van der Waals surface area contributed by atoms with Gasteiger partial charge in [0.25, 0.3) is 0 Å². The maximum atomic E-state index is 10.8. The summed E-state index contributed by atoms with van der Waals surface area (Å²) in [6.07, 6.45) is 2.04. The van der Waals surface area contributed by atoms with E-state index in [0.29, 0.717) is 24.0 Å². The van der Waals surface area contributed by atoms with Crippen molar-refractivity contribution in [1.82, 2.24) is 0 Å². The third kappa shape index (κ3) is 2.95. The van der Waals surface area contributed by atoms with E-state index in [1.165, 1.54) is 18.4 Å². The fourth-order valence-electron chi connectivity index (χ4n) is 1.14. The van der Waals surface area contributed by atoms with E-state index >= 15 is 0 Å². The molecule has 0 saturated carbocycles. The summed E-state index contributed by atoms with van der Waals surface area (Å²) in [6.45, 7) is 2.29. The molecule has 0 aromatic heterocycles. The van der Waals surface area contributed by atoms with Crippen LogP contribution in [0.2, 0.25) is 0 Å². The Morgan fingerprint density at radius 2 is 1.88 bits per heavy atom. The zero-order valence-electron chi connectivity index (χ0n) is 8.84. The number of benzene rings is 1. The lowest BCUT2D eigenvalue weighted by Crippen LogP contribution is -1.96. The molecule has 0 spiro atoms. The van der Waals surface area contributed by atoms with E-state index in [1.807, 2.05) is 6.92 Å². The van der Waals surface area contributed by atoms with Crippen LogP contribution in [-0.2, 0) is 9.53 Å². The monoisotopic (exact) mass is 220 g/mol. The average molecular weight is 220 g/mol. The van der Waals surface area contributed by atoms with Crippen molar-refractivity contribution in [2.45, 2.75) is 6.92 Å². The maximum absolute atomic E-state index is 10.8. The molecule has 0 fully saturated rings. The molecule has 0 aliphatic carbocycles. The minimum absolute atomic E-state index is 0.186. The van der Waals surface area contributed by atoms with E-state index in [1.54, 1.807) is 12.1 Å². The first-order valence-corrected chi connectivity index (χ1v) is 4.79. The van der Waals surface area contributed by atoms with Crippen LogP contribution in [0.25, 0.3) is 5.57 Å². The summed E-state index contributed by atoms with van der Waals surface area (Å²) in [5.41, 5.74) is 1.21. The summed E-state index contributed by atoms with van der Waals surface area (Å²) in [5.74, 6) is -0.993. The zero-order valence-corrected chi connectivity index (χ0v) is 8.84. The largest absolute Gasteiger partial charge is 0.501 e. The van der Waals surface area contributed by atoms with E-state index in [4.69, 9.17) is 9.84 Å². The highest BCUT2D eigenvalue weighted by atomic mass is 16.5. The number of hydrogen-bond acceptors (Lipinski definition) is 3. The minimum atomic E-state index is -0.993. The van der Waals surface area contributed by atoms with Gasteiger partial charge in [-0.2, -0.15) is 0 Å². The molecule has 1 rings (SSSR count). The predicted molar refractivity (Wildman–Crippen MR) is 59.1 cm³/mol. The van der Waals surface area contributed by atoms with Gasteiger partial charge in [0.05, 0.1) is 24.0 Å². The fraction of sp³-hybridized carbons (Fsp3) is 0.167. The smallest absolute Gasteiger partial charge is 0.335 e. The van der Waals surface area contributed by atoms with Crippen molar-refractivity contribution in [3.8, 4) is 0 Å². The maximum Gasteiger partial charge on any atom is 0.335 e. The van der Waals surface area contributed by atoms with E-state index in [2.05, 4.69) is 0 Å². The molecule has 0 bridgehead atoms. The number of hydrogen-bond donors (Lipinski definition) is 1. The van der Waals surface area contributed by atoms with Gasteiger partial charge in [-0.15, -0.1) is 0 Å². The number of carbonyl (C=O) groups excluding carboxylic acids is 1. The van der Waals surface area contributed by atoms with Crippen LogP contribution < -0.4 is 0 Å². The fourth-order valence-corrected chi connectivity index (χ4v) is 1.14. The Labute approximate surface area is 93.2 Å². The van der Waals surface area contributed by atoms with Crippen molar-refractivity contribution in [2.24, 2.45) is 0 Å². The first-order valence-electron chi connectivity index (χ1n) is 4.79. The number of carboxylic acids is 1. The quantitative estimate of drug-likeness (QED) is 0.468. The van der Waals surface area contributed by atoms with Crippen LogP contribution in [0, 0.1) is 0 Å². The van der Waals surface area contributed by atoms with Crippen LogP contribution in [0.15, 0.2) is 30.5 Å². The van der Waals surface area contributed by atoms with Gasteiger partial charge in [-0.3, -0.25) is 4.79 Å². The summed E-state index contributed by atoms with van der Waals surface area (Å²) in [6, 6.07) is 6.04. The van der Waals surface area contributed by atoms with Crippen molar-refractivity contribution in [2.75, 3.05) is 6.61 Å². The van der Waals surface area contributed by atoms with Gasteiger partial charge in [0.2, 0.25) is 0 Å². The third-order valence-electron chi connectivity index (χ3n) is 1.97. The Bertz CT molecular complexity index is 404. The van der Waals surface area contributed by atoms with Gasteiger partial charge in [0.1, 0.15) is 0 Å². The van der Waals surface area contributed by atoms with Gasteiger partial charge in [-0.05, 0) is 24.6 Å². The number of carboxylic acid groups (broad SMARTS) is 1. The lowest BCUT2D eigenvalue weighted by Gasteiger charge is -2.01. The Morgan fingerprint density at radius 1 is 1.31 bits per heavy atom. The van der Waals surface area contributed by atoms with Crippen molar-refractivity contribution in [3.05, 3.63) is 41.7 Å². The van der Waals surface area contributed by atoms with Gasteiger partial charge >= 0.3 is 5.97 Å². The van der Waals surface area contributed by atoms with Crippen LogP contribution in [0.5, 0.6) is 0 Å². The molecule has 1 aromatic rings. The Morgan fingerprint density at radius 3 is 2.31 bits per heavy atom. The highest BCUT2D eigenvalue weighted by Gasteiger charge is 2.04. The zero-order chi connectivity index (χ0) is 12.0. The first kappa shape index (κ1) is 12.0. The molecule has 0 saturated heterocycles. The van der Waals surface area contributed by atoms with Crippen molar-refractivity contribution in [3.63, 3.8) is 0 Å². The molecule has 0 aliphatic heterocycles. The Hall–Kier alpha value is -2.10. The van der Waals surface area contributed by atoms with E-state index in [-0.39, 0.29) is 5.56 Å². The number of ether oxygens (including phenoxy) is 1. The highest BCUT2D eigenvalue weighted by molar-refractivity contribution is 6.06. The number of aldehydes is 1. The number of allylic oxidation sites excluding steroid dienone is 1. The number of carbonyl (C=O) groups is 2. The molecule has 0 amide bonds. The first-order chi connectivity index (χ1) is 7.69. The van der Waals surface area contributed by atoms with E-state index in [9.17, 15) is 9.59 Å². The van der Waals surface area contributed by atoms with Gasteiger partial charge < -0.3 is 9.84 Å². The van der Waals surface area contributed by atoms with Gasteiger partial charge in [-0.1, -0.05) is 12.1 Å². The van der Waals surface area contributed by atoms with Crippen LogP contribution in [0.1, 0.15) is 22.8 Å². The highest BCUT2D eigenvalue weighted by Crippen LogP contribution is 2.13. The number of rotatable bonds is 5. The van der Waals surface area contributed by atoms with Crippen molar-refractivity contribution in [1.29, 1.82) is 0 Å². The standard InChI is InChI=1S/C12H12O4/c1-2-16-8-11(7-13)9-3-5-10(6-4-9)12(14)15/h3-8H,2H2,1H3,(H,14,15). The second-order valence-corrected chi connectivity index (χ2v) is 3.03. The van der Waals surface area contributed by atoms with Crippen molar-refractivity contribution < 1.29 is 19.4 Å². The molecular formula is C12H12O4. The SMILES string of the molecule is CCOC=C(C=O)c1ccc(C(=O)O)cc1. The van der Waals surface area contributed by atoms with Crippen molar-refractivity contribution >= 4 is 17.8 Å². The summed E-state index contributed by atoms with van der Waals surface area (Å²) in [5, 5.41) is 8.70. The molecule has 1 N–H and O–H groups in total. The summed E-state index contributed by atoms with van der Waals surface area (Å²) in [7, 11) is 0. The molecule has 0 aliphatic rings. The van der Waals surface area contributed by atoms with Gasteiger partial charge in [-0.25, -0.2) is 4.79 Å². The van der Waals surface area contributed by atoms with Crippen LogP contribution in [-0.4, -0.2) is 24.0 Å². The Kier molecular flexibility index (Phi) is 4.27. The Balaban J connectivity index is 2.95. The van der Waals surface area contributed by atoms with Crippen LogP contribution in [0.3, 0.4) is 0 Å². The molecule has 0 unspecified atom stereocenters. The van der Waals surface area contributed by atoms with E-state index < -0.39 is 5.97 Å². The summed E-state index contributed by atoms with van der Waals surface area (Å²) in [4.78, 5) is 21.4. The predicted octanol–water partition coefficient (Wildman–Crippen LogP) is 1.96. The molecule has 0 atom stereocenters. The molecule has 4 heteroatoms. The van der Waals surface area contributed by atoms with E-state index in [0.717, 1.165) is 0 Å². The second-order valence-electron chi connectivity index (χ2n) is 3.03. The lowest BCUT2D eigenvalue weighted by atomic mass is 10.1. The van der Waals surface area contributed by atoms with Crippen LogP contribution in [0.4, 0.5) is 0 Å². The molecule has 84 valence electrons. The third-order valence-corrected chi connectivity index (χ3v) is 1.97. The molecule has 0 radical (unpaired) electrons. The normalized spacial score (nSPS) is 10.9. The molecule has 16 heavy (non-hydrogen) atoms. The second kappa shape index (κ2) is 5.70.